The van der Waals surface area contributed by atoms with Crippen molar-refractivity contribution in [2.45, 2.75) is 26.3 Å². The van der Waals surface area contributed by atoms with Crippen molar-refractivity contribution in [2.24, 2.45) is 0 Å². The van der Waals surface area contributed by atoms with Gasteiger partial charge in [-0.25, -0.2) is 9.97 Å². The number of anilines is 5. The third-order valence-electron chi connectivity index (χ3n) is 7.13. The van der Waals surface area contributed by atoms with Crippen LogP contribution < -0.4 is 25.6 Å². The van der Waals surface area contributed by atoms with Crippen molar-refractivity contribution >= 4 is 46.1 Å². The Balaban J connectivity index is 1.14. The number of hydrogen-bond acceptors (Lipinski definition) is 8. The summed E-state index contributed by atoms with van der Waals surface area (Å²) in [6, 6.07) is 8.03. The zero-order valence-corrected chi connectivity index (χ0v) is 21.6. The predicted molar refractivity (Wildman–Crippen MR) is 146 cm³/mol. The topological polar surface area (TPSA) is 94.6 Å². The zero-order valence-electron chi connectivity index (χ0n) is 20.8. The molecule has 3 aliphatic heterocycles. The summed E-state index contributed by atoms with van der Waals surface area (Å²) in [5.74, 6) is 1.37. The number of aryl methyl sites for hydroxylation is 1. The Morgan fingerprint density at radius 1 is 1.16 bits per heavy atom. The molecule has 3 aromatic rings. The van der Waals surface area contributed by atoms with Gasteiger partial charge >= 0.3 is 0 Å². The number of fused-ring (bicyclic) bond motifs is 2. The van der Waals surface area contributed by atoms with Gasteiger partial charge in [0, 0.05) is 37.2 Å². The van der Waals surface area contributed by atoms with Crippen molar-refractivity contribution in [3.63, 3.8) is 0 Å². The second kappa shape index (κ2) is 10.1. The summed E-state index contributed by atoms with van der Waals surface area (Å²) in [5.41, 5.74) is 6.86. The van der Waals surface area contributed by atoms with Crippen molar-refractivity contribution in [2.75, 3.05) is 60.2 Å². The lowest BCUT2D eigenvalue weighted by Crippen LogP contribution is -2.42. The molecule has 3 aliphatic rings. The third kappa shape index (κ3) is 5.01. The van der Waals surface area contributed by atoms with Gasteiger partial charge in [-0.15, -0.1) is 0 Å². The average Bonchev–Trinajstić information content (AvgIpc) is 2.88. The van der Waals surface area contributed by atoms with E-state index in [-0.39, 0.29) is 5.91 Å². The summed E-state index contributed by atoms with van der Waals surface area (Å²) in [7, 11) is 0. The fraction of sp³-hybridized carbons (Fsp3) is 0.370. The molecule has 1 amide bonds. The minimum atomic E-state index is 0.0296. The lowest BCUT2D eigenvalue weighted by atomic mass is 10.0. The molecule has 0 saturated carbocycles. The molecule has 192 valence electrons. The lowest BCUT2D eigenvalue weighted by Gasteiger charge is -2.32. The molecular weight excluding hydrogens is 490 g/mol. The van der Waals surface area contributed by atoms with Crippen molar-refractivity contribution in [1.29, 1.82) is 0 Å². The van der Waals surface area contributed by atoms with Crippen molar-refractivity contribution in [1.82, 2.24) is 14.9 Å². The Morgan fingerprint density at radius 3 is 2.86 bits per heavy atom. The molecule has 6 rings (SSSR count). The Labute approximate surface area is 221 Å². The second-order valence-corrected chi connectivity index (χ2v) is 10.1. The van der Waals surface area contributed by atoms with E-state index in [1.165, 1.54) is 17.5 Å². The lowest BCUT2D eigenvalue weighted by molar-refractivity contribution is -0.118. The Morgan fingerprint density at radius 2 is 2.05 bits per heavy atom. The Bertz CT molecular complexity index is 1340. The largest absolute Gasteiger partial charge is 0.474 e. The van der Waals surface area contributed by atoms with Gasteiger partial charge in [0.25, 0.3) is 0 Å². The number of amides is 1. The molecule has 2 aromatic heterocycles. The monoisotopic (exact) mass is 519 g/mol. The highest BCUT2D eigenvalue weighted by Crippen LogP contribution is 2.40. The van der Waals surface area contributed by atoms with Crippen LogP contribution in [0.4, 0.5) is 28.6 Å². The minimum Gasteiger partial charge on any atom is -0.474 e. The third-order valence-corrected chi connectivity index (χ3v) is 7.51. The number of carbonyl (C=O) groups is 1. The van der Waals surface area contributed by atoms with Crippen LogP contribution >= 0.6 is 11.6 Å². The van der Waals surface area contributed by atoms with Gasteiger partial charge in [0.2, 0.25) is 11.8 Å². The van der Waals surface area contributed by atoms with Gasteiger partial charge < -0.3 is 25.6 Å². The molecule has 0 atom stereocenters. The zero-order chi connectivity index (χ0) is 25.4. The highest BCUT2D eigenvalue weighted by molar-refractivity contribution is 6.36. The molecule has 37 heavy (non-hydrogen) atoms. The minimum absolute atomic E-state index is 0.0296. The maximum Gasteiger partial charge on any atom is 0.239 e. The number of rotatable bonds is 6. The van der Waals surface area contributed by atoms with Crippen molar-refractivity contribution in [3.05, 3.63) is 58.4 Å². The first kappa shape index (κ1) is 23.8. The maximum atomic E-state index is 12.3. The van der Waals surface area contributed by atoms with Crippen LogP contribution in [0.1, 0.15) is 23.1 Å². The SMILES string of the molecule is Cc1cc(Nc2cc3c(cn2)CCN(c2cnc4c(c2Cl)NCCO4)C3)ccc1NC(=O)CN1CCC1. The molecule has 1 saturated heterocycles. The molecule has 0 spiro atoms. The maximum absolute atomic E-state index is 12.3. The van der Waals surface area contributed by atoms with Crippen LogP contribution in [0.2, 0.25) is 5.02 Å². The summed E-state index contributed by atoms with van der Waals surface area (Å²) in [4.78, 5) is 25.8. The van der Waals surface area contributed by atoms with Crippen LogP contribution in [-0.2, 0) is 17.8 Å². The quantitative estimate of drug-likeness (QED) is 0.446. The van der Waals surface area contributed by atoms with E-state index >= 15 is 0 Å². The van der Waals surface area contributed by atoms with Gasteiger partial charge in [0.1, 0.15) is 18.1 Å². The fourth-order valence-corrected chi connectivity index (χ4v) is 5.26. The van der Waals surface area contributed by atoms with Crippen molar-refractivity contribution in [3.8, 4) is 5.88 Å². The molecule has 0 unspecified atom stereocenters. The van der Waals surface area contributed by atoms with Crippen LogP contribution in [0.5, 0.6) is 5.88 Å². The molecular formula is C27H30ClN7O2. The smallest absolute Gasteiger partial charge is 0.239 e. The first-order chi connectivity index (χ1) is 18.0. The number of nitrogens with one attached hydrogen (secondary N) is 3. The molecule has 0 radical (unpaired) electrons. The number of hydrogen-bond donors (Lipinski definition) is 3. The number of nitrogens with zero attached hydrogens (tertiary/aromatic N) is 4. The molecule has 0 bridgehead atoms. The first-order valence-corrected chi connectivity index (χ1v) is 13.1. The highest BCUT2D eigenvalue weighted by Gasteiger charge is 2.24. The highest BCUT2D eigenvalue weighted by atomic mass is 35.5. The molecule has 0 aliphatic carbocycles. The van der Waals surface area contributed by atoms with Crippen LogP contribution in [0.15, 0.2) is 36.7 Å². The Hall–Kier alpha value is -3.56. The van der Waals surface area contributed by atoms with Crippen LogP contribution in [-0.4, -0.2) is 60.1 Å². The van der Waals surface area contributed by atoms with E-state index < -0.39 is 0 Å². The average molecular weight is 520 g/mol. The predicted octanol–water partition coefficient (Wildman–Crippen LogP) is 4.19. The van der Waals surface area contributed by atoms with E-state index in [2.05, 4.69) is 41.8 Å². The molecule has 1 fully saturated rings. The number of pyridine rings is 2. The molecule has 10 heteroatoms. The van der Waals surface area contributed by atoms with Gasteiger partial charge in [0.15, 0.2) is 0 Å². The number of halogens is 1. The summed E-state index contributed by atoms with van der Waals surface area (Å²) < 4.78 is 5.62. The van der Waals surface area contributed by atoms with Gasteiger partial charge in [-0.2, -0.15) is 0 Å². The number of aromatic nitrogens is 2. The van der Waals surface area contributed by atoms with Crippen LogP contribution in [0.25, 0.3) is 0 Å². The second-order valence-electron chi connectivity index (χ2n) is 9.76. The molecule has 9 nitrogen and oxygen atoms in total. The van der Waals surface area contributed by atoms with E-state index in [0.29, 0.717) is 37.1 Å². The number of ether oxygens (including phenoxy) is 1. The fourth-order valence-electron chi connectivity index (χ4n) is 4.94. The van der Waals surface area contributed by atoms with E-state index in [1.807, 2.05) is 31.3 Å². The first-order valence-electron chi connectivity index (χ1n) is 12.7. The summed E-state index contributed by atoms with van der Waals surface area (Å²) in [5, 5.41) is 10.4. The van der Waals surface area contributed by atoms with Crippen LogP contribution in [0.3, 0.4) is 0 Å². The van der Waals surface area contributed by atoms with Crippen molar-refractivity contribution < 1.29 is 9.53 Å². The van der Waals surface area contributed by atoms with Gasteiger partial charge in [-0.05, 0) is 73.8 Å². The molecule has 1 aromatic carbocycles. The van der Waals surface area contributed by atoms with E-state index in [4.69, 9.17) is 16.3 Å². The Kier molecular flexibility index (Phi) is 6.48. The number of carbonyl (C=O) groups excluding carboxylic acids is 1. The molecule has 3 N–H and O–H groups in total. The van der Waals surface area contributed by atoms with E-state index in [1.54, 1.807) is 6.20 Å². The van der Waals surface area contributed by atoms with Crippen LogP contribution in [0, 0.1) is 6.92 Å². The van der Waals surface area contributed by atoms with Gasteiger partial charge in [0.05, 0.1) is 23.5 Å². The van der Waals surface area contributed by atoms with Gasteiger partial charge in [-0.3, -0.25) is 9.69 Å². The normalized spacial score (nSPS) is 16.5. The van der Waals surface area contributed by atoms with E-state index in [9.17, 15) is 4.79 Å². The van der Waals surface area contributed by atoms with E-state index in [0.717, 1.165) is 60.2 Å². The summed E-state index contributed by atoms with van der Waals surface area (Å²) in [6.07, 6.45) is 5.80. The number of benzene rings is 1. The number of likely N-dealkylation sites (tertiary alicyclic amines) is 1. The standard InChI is InChI=1S/C27H30ClN7O2/c1-17-11-20(3-4-21(17)33-24(36)16-34-7-2-8-34)32-23-12-19-15-35(9-5-18(19)13-30-23)22-14-31-27-26(25(22)28)29-6-10-37-27/h3-4,11-14,29H,2,5-10,15-16H2,1H3,(H,30,32)(H,33,36). The van der Waals surface area contributed by atoms with Gasteiger partial charge in [-0.1, -0.05) is 11.6 Å². The molecule has 5 heterocycles. The summed E-state index contributed by atoms with van der Waals surface area (Å²) in [6.45, 7) is 7.32. The summed E-state index contributed by atoms with van der Waals surface area (Å²) >= 11 is 6.74.